The minimum absolute atomic E-state index is 0.0762. The molecule has 1 saturated heterocycles. The van der Waals surface area contributed by atoms with E-state index < -0.39 is 23.7 Å². The van der Waals surface area contributed by atoms with Crippen LogP contribution in [0.4, 0.5) is 5.69 Å². The number of aliphatic hydroxyl groups is 1. The Hall–Kier alpha value is -4.59. The van der Waals surface area contributed by atoms with Crippen molar-refractivity contribution in [3.8, 4) is 11.5 Å². The van der Waals surface area contributed by atoms with Gasteiger partial charge in [0.25, 0.3) is 11.7 Å². The molecule has 1 amide bonds. The molecule has 0 spiro atoms. The van der Waals surface area contributed by atoms with Gasteiger partial charge in [0.2, 0.25) is 0 Å². The minimum Gasteiger partial charge on any atom is -0.507 e. The predicted molar refractivity (Wildman–Crippen MR) is 147 cm³/mol. The zero-order chi connectivity index (χ0) is 28.1. The average molecular weight is 530 g/mol. The maximum atomic E-state index is 13.5. The van der Waals surface area contributed by atoms with Crippen molar-refractivity contribution in [1.82, 2.24) is 0 Å². The van der Waals surface area contributed by atoms with Crippen LogP contribution in [0.15, 0.2) is 78.4 Å². The Kier molecular flexibility index (Phi) is 8.34. The Labute approximate surface area is 227 Å². The Morgan fingerprint density at radius 1 is 0.949 bits per heavy atom. The van der Waals surface area contributed by atoms with Crippen molar-refractivity contribution in [2.24, 2.45) is 5.92 Å². The molecule has 39 heavy (non-hydrogen) atoms. The SMILES string of the molecule is CCOC(=O)c1cccc(N2C(=O)C(=O)/C(=C(/O)c3cccc(OCC(C)C)c3)C2c2ccc(OC)cc2)c1. The number of carbonyl (C=O) groups is 3. The van der Waals surface area contributed by atoms with Gasteiger partial charge in [-0.3, -0.25) is 14.5 Å². The second-order valence-electron chi connectivity index (χ2n) is 9.45. The van der Waals surface area contributed by atoms with E-state index in [9.17, 15) is 19.5 Å². The van der Waals surface area contributed by atoms with Crippen molar-refractivity contribution in [3.05, 3.63) is 95.1 Å². The van der Waals surface area contributed by atoms with Crippen LogP contribution < -0.4 is 14.4 Å². The summed E-state index contributed by atoms with van der Waals surface area (Å²) < 4.78 is 16.2. The van der Waals surface area contributed by atoms with Gasteiger partial charge in [-0.15, -0.1) is 0 Å². The Morgan fingerprint density at radius 2 is 1.64 bits per heavy atom. The van der Waals surface area contributed by atoms with E-state index in [-0.39, 0.29) is 23.5 Å². The zero-order valence-corrected chi connectivity index (χ0v) is 22.3. The third-order valence-electron chi connectivity index (χ3n) is 6.20. The topological polar surface area (TPSA) is 102 Å². The standard InChI is InChI=1S/C31H31NO7/c1-5-38-31(36)22-9-6-10-23(16-22)32-27(20-12-14-24(37-4)15-13-20)26(29(34)30(32)35)28(33)21-8-7-11-25(17-21)39-18-19(2)3/h6-17,19,27,33H,5,18H2,1-4H3/b28-26+. The Balaban J connectivity index is 1.86. The second kappa shape index (κ2) is 11.9. The van der Waals surface area contributed by atoms with Gasteiger partial charge in [0, 0.05) is 11.3 Å². The predicted octanol–water partition coefficient (Wildman–Crippen LogP) is 5.53. The molecule has 1 fully saturated rings. The molecule has 3 aromatic carbocycles. The largest absolute Gasteiger partial charge is 0.507 e. The molecule has 0 radical (unpaired) electrons. The van der Waals surface area contributed by atoms with E-state index in [0.29, 0.717) is 40.8 Å². The first kappa shape index (κ1) is 27.4. The number of aliphatic hydroxyl groups excluding tert-OH is 1. The van der Waals surface area contributed by atoms with Crippen LogP contribution in [0.3, 0.4) is 0 Å². The molecule has 1 unspecified atom stereocenters. The quantitative estimate of drug-likeness (QED) is 0.168. The highest BCUT2D eigenvalue weighted by molar-refractivity contribution is 6.51. The lowest BCUT2D eigenvalue weighted by Gasteiger charge is -2.26. The van der Waals surface area contributed by atoms with E-state index in [4.69, 9.17) is 14.2 Å². The summed E-state index contributed by atoms with van der Waals surface area (Å²) in [6.45, 7) is 6.43. The van der Waals surface area contributed by atoms with Gasteiger partial charge in [0.1, 0.15) is 17.3 Å². The minimum atomic E-state index is -0.964. The van der Waals surface area contributed by atoms with Crippen LogP contribution in [0.2, 0.25) is 0 Å². The Bertz CT molecular complexity index is 1410. The highest BCUT2D eigenvalue weighted by Crippen LogP contribution is 2.43. The number of amides is 1. The number of esters is 1. The van der Waals surface area contributed by atoms with E-state index in [1.165, 1.54) is 18.1 Å². The molecule has 4 rings (SSSR count). The highest BCUT2D eigenvalue weighted by atomic mass is 16.5. The Morgan fingerprint density at radius 3 is 2.31 bits per heavy atom. The molecule has 3 aromatic rings. The fourth-order valence-electron chi connectivity index (χ4n) is 4.35. The van der Waals surface area contributed by atoms with Crippen molar-refractivity contribution < 1.29 is 33.7 Å². The van der Waals surface area contributed by atoms with E-state index in [2.05, 4.69) is 0 Å². The normalized spacial score (nSPS) is 16.4. The summed E-state index contributed by atoms with van der Waals surface area (Å²) in [6, 6.07) is 19.0. The molecule has 202 valence electrons. The molecular weight excluding hydrogens is 498 g/mol. The van der Waals surface area contributed by atoms with Crippen LogP contribution in [0.1, 0.15) is 48.3 Å². The van der Waals surface area contributed by atoms with Crippen LogP contribution in [-0.2, 0) is 14.3 Å². The summed E-state index contributed by atoms with van der Waals surface area (Å²) in [5, 5.41) is 11.4. The number of hydrogen-bond acceptors (Lipinski definition) is 7. The number of rotatable bonds is 9. The highest BCUT2D eigenvalue weighted by Gasteiger charge is 2.47. The number of anilines is 1. The van der Waals surface area contributed by atoms with Crippen molar-refractivity contribution in [2.45, 2.75) is 26.8 Å². The number of ether oxygens (including phenoxy) is 3. The van der Waals surface area contributed by atoms with E-state index in [1.54, 1.807) is 73.7 Å². The molecule has 1 aliphatic heterocycles. The molecule has 0 aromatic heterocycles. The summed E-state index contributed by atoms with van der Waals surface area (Å²) in [7, 11) is 1.54. The van der Waals surface area contributed by atoms with Crippen LogP contribution in [0.25, 0.3) is 5.76 Å². The number of methoxy groups -OCH3 is 1. The lowest BCUT2D eigenvalue weighted by molar-refractivity contribution is -0.132. The molecule has 0 aliphatic carbocycles. The molecule has 0 saturated carbocycles. The maximum absolute atomic E-state index is 13.5. The number of Topliss-reactive ketones (excluding diaryl/α,β-unsaturated/α-hetero) is 1. The molecule has 1 heterocycles. The van der Waals surface area contributed by atoms with Gasteiger partial charge in [-0.2, -0.15) is 0 Å². The number of benzene rings is 3. The maximum Gasteiger partial charge on any atom is 0.338 e. The van der Waals surface area contributed by atoms with Gasteiger partial charge in [0.05, 0.1) is 37.5 Å². The van der Waals surface area contributed by atoms with Crippen molar-refractivity contribution in [3.63, 3.8) is 0 Å². The molecule has 8 heteroatoms. The van der Waals surface area contributed by atoms with Crippen molar-refractivity contribution in [2.75, 3.05) is 25.2 Å². The molecule has 1 aliphatic rings. The zero-order valence-electron chi connectivity index (χ0n) is 22.3. The van der Waals surface area contributed by atoms with E-state index >= 15 is 0 Å². The first-order chi connectivity index (χ1) is 18.7. The van der Waals surface area contributed by atoms with Crippen LogP contribution in [0, 0.1) is 5.92 Å². The third kappa shape index (κ3) is 5.80. The van der Waals surface area contributed by atoms with Crippen LogP contribution in [0.5, 0.6) is 11.5 Å². The van der Waals surface area contributed by atoms with Gasteiger partial charge in [-0.1, -0.05) is 44.2 Å². The van der Waals surface area contributed by atoms with E-state index in [1.807, 2.05) is 13.8 Å². The van der Waals surface area contributed by atoms with Gasteiger partial charge < -0.3 is 19.3 Å². The molecular formula is C31H31NO7. The van der Waals surface area contributed by atoms with Gasteiger partial charge in [-0.05, 0) is 60.9 Å². The number of hydrogen-bond donors (Lipinski definition) is 1. The third-order valence-corrected chi connectivity index (χ3v) is 6.20. The number of carbonyl (C=O) groups excluding carboxylic acids is 3. The molecule has 1 N–H and O–H groups in total. The summed E-state index contributed by atoms with van der Waals surface area (Å²) in [6.07, 6.45) is 0. The summed E-state index contributed by atoms with van der Waals surface area (Å²) in [4.78, 5) is 40.6. The van der Waals surface area contributed by atoms with Crippen molar-refractivity contribution >= 4 is 29.1 Å². The average Bonchev–Trinajstić information content (AvgIpc) is 3.21. The molecule has 1 atom stereocenters. The summed E-state index contributed by atoms with van der Waals surface area (Å²) >= 11 is 0. The van der Waals surface area contributed by atoms with Gasteiger partial charge in [0.15, 0.2) is 0 Å². The van der Waals surface area contributed by atoms with Crippen LogP contribution >= 0.6 is 0 Å². The molecule has 8 nitrogen and oxygen atoms in total. The van der Waals surface area contributed by atoms with E-state index in [0.717, 1.165) is 0 Å². The fourth-order valence-corrected chi connectivity index (χ4v) is 4.35. The second-order valence-corrected chi connectivity index (χ2v) is 9.45. The fraction of sp³-hybridized carbons (Fsp3) is 0.258. The first-order valence-electron chi connectivity index (χ1n) is 12.7. The lowest BCUT2D eigenvalue weighted by Crippen LogP contribution is -2.29. The number of nitrogens with zero attached hydrogens (tertiary/aromatic N) is 1. The smallest absolute Gasteiger partial charge is 0.338 e. The van der Waals surface area contributed by atoms with Crippen LogP contribution in [-0.4, -0.2) is 43.1 Å². The lowest BCUT2D eigenvalue weighted by atomic mass is 9.95. The summed E-state index contributed by atoms with van der Waals surface area (Å²) in [5.74, 6) is -1.12. The monoisotopic (exact) mass is 529 g/mol. The van der Waals surface area contributed by atoms with Crippen molar-refractivity contribution in [1.29, 1.82) is 0 Å². The van der Waals surface area contributed by atoms with Gasteiger partial charge in [-0.25, -0.2) is 4.79 Å². The first-order valence-corrected chi connectivity index (χ1v) is 12.7. The van der Waals surface area contributed by atoms with Gasteiger partial charge >= 0.3 is 5.97 Å². The molecule has 0 bridgehead atoms. The summed E-state index contributed by atoms with van der Waals surface area (Å²) in [5.41, 5.74) is 1.39. The number of ketones is 1.